The summed E-state index contributed by atoms with van der Waals surface area (Å²) >= 11 is 12.3. The number of aryl methyl sites for hydroxylation is 1. The summed E-state index contributed by atoms with van der Waals surface area (Å²) in [5, 5.41) is 10.3. The smallest absolute Gasteiger partial charge is 0.354 e. The van der Waals surface area contributed by atoms with Gasteiger partial charge in [0.25, 0.3) is 0 Å². The van der Waals surface area contributed by atoms with Gasteiger partial charge in [-0.25, -0.2) is 14.8 Å². The van der Waals surface area contributed by atoms with E-state index in [0.717, 1.165) is 0 Å². The number of rotatable bonds is 3. The van der Waals surface area contributed by atoms with Crippen LogP contribution in [-0.2, 0) is 6.54 Å². The summed E-state index contributed by atoms with van der Waals surface area (Å²) in [6, 6.07) is 5.00. The Bertz CT molecular complexity index is 937. The van der Waals surface area contributed by atoms with Crippen LogP contribution in [0.2, 0.25) is 10.0 Å². The molecule has 2 heterocycles. The molecule has 0 aliphatic heterocycles. The molecule has 0 unspecified atom stereocenters. The first-order chi connectivity index (χ1) is 10.9. The van der Waals surface area contributed by atoms with Crippen molar-refractivity contribution in [3.05, 3.63) is 51.4 Å². The number of benzene rings is 1. The summed E-state index contributed by atoms with van der Waals surface area (Å²) in [6.07, 6.45) is 1.26. The molecule has 23 heavy (non-hydrogen) atoms. The largest absolute Gasteiger partial charge is 0.477 e. The SMILES string of the molecule is Cc1nc2ncc(C(=O)O)n2c(-c2ccc(Cl)cc2Cl)c1CN. The zero-order chi connectivity index (χ0) is 16.7. The Labute approximate surface area is 141 Å². The van der Waals surface area contributed by atoms with E-state index in [2.05, 4.69) is 9.97 Å². The zero-order valence-corrected chi connectivity index (χ0v) is 13.6. The Morgan fingerprint density at radius 2 is 2.13 bits per heavy atom. The minimum absolute atomic E-state index is 0.0109. The number of carboxylic acids is 1. The van der Waals surface area contributed by atoms with E-state index >= 15 is 0 Å². The molecular weight excluding hydrogens is 339 g/mol. The highest BCUT2D eigenvalue weighted by atomic mass is 35.5. The number of aromatic carboxylic acids is 1. The van der Waals surface area contributed by atoms with Crippen molar-refractivity contribution in [2.45, 2.75) is 13.5 Å². The third-order valence-electron chi connectivity index (χ3n) is 3.57. The van der Waals surface area contributed by atoms with Crippen molar-refractivity contribution in [1.82, 2.24) is 14.4 Å². The number of carboxylic acid groups (broad SMARTS) is 1. The molecule has 8 heteroatoms. The number of nitrogens with zero attached hydrogens (tertiary/aromatic N) is 3. The molecule has 1 aromatic carbocycles. The normalized spacial score (nSPS) is 11.1. The molecule has 0 radical (unpaired) electrons. The number of aromatic nitrogens is 3. The summed E-state index contributed by atoms with van der Waals surface area (Å²) < 4.78 is 1.45. The summed E-state index contributed by atoms with van der Waals surface area (Å²) in [7, 11) is 0. The van der Waals surface area contributed by atoms with Crippen molar-refractivity contribution in [2.24, 2.45) is 5.73 Å². The average Bonchev–Trinajstić information content (AvgIpc) is 2.89. The van der Waals surface area contributed by atoms with E-state index in [9.17, 15) is 9.90 Å². The Balaban J connectivity index is 2.49. The van der Waals surface area contributed by atoms with Crippen LogP contribution < -0.4 is 5.73 Å². The van der Waals surface area contributed by atoms with Gasteiger partial charge in [-0.3, -0.25) is 4.40 Å². The van der Waals surface area contributed by atoms with Crippen LogP contribution in [0.1, 0.15) is 21.7 Å². The van der Waals surface area contributed by atoms with Crippen LogP contribution >= 0.6 is 23.2 Å². The minimum atomic E-state index is -1.11. The Hall–Kier alpha value is -2.15. The number of nitrogens with two attached hydrogens (primary N) is 1. The van der Waals surface area contributed by atoms with E-state index in [1.807, 2.05) is 0 Å². The van der Waals surface area contributed by atoms with Crippen LogP contribution in [0.4, 0.5) is 0 Å². The quantitative estimate of drug-likeness (QED) is 0.756. The lowest BCUT2D eigenvalue weighted by molar-refractivity contribution is 0.0689. The van der Waals surface area contributed by atoms with E-state index in [0.29, 0.717) is 32.6 Å². The van der Waals surface area contributed by atoms with Crippen LogP contribution in [0.25, 0.3) is 17.0 Å². The van der Waals surface area contributed by atoms with Crippen molar-refractivity contribution >= 4 is 34.9 Å². The molecule has 0 aliphatic rings. The van der Waals surface area contributed by atoms with Gasteiger partial charge >= 0.3 is 5.97 Å². The highest BCUT2D eigenvalue weighted by molar-refractivity contribution is 6.36. The molecule has 118 valence electrons. The van der Waals surface area contributed by atoms with E-state index in [1.54, 1.807) is 25.1 Å². The average molecular weight is 351 g/mol. The highest BCUT2D eigenvalue weighted by Gasteiger charge is 2.21. The van der Waals surface area contributed by atoms with Gasteiger partial charge in [0.1, 0.15) is 0 Å². The van der Waals surface area contributed by atoms with E-state index < -0.39 is 5.97 Å². The minimum Gasteiger partial charge on any atom is -0.477 e. The molecule has 0 saturated heterocycles. The molecule has 3 aromatic rings. The summed E-state index contributed by atoms with van der Waals surface area (Å²) in [5.74, 6) is -0.837. The first kappa shape index (κ1) is 15.7. The molecule has 0 aliphatic carbocycles. The predicted octanol–water partition coefficient (Wildman–Crippen LogP) is 3.17. The number of imidazole rings is 1. The maximum Gasteiger partial charge on any atom is 0.354 e. The molecule has 3 N–H and O–H groups in total. The summed E-state index contributed by atoms with van der Waals surface area (Å²) in [4.78, 5) is 19.9. The van der Waals surface area contributed by atoms with E-state index in [4.69, 9.17) is 28.9 Å². The second-order valence-electron chi connectivity index (χ2n) is 4.94. The lowest BCUT2D eigenvalue weighted by atomic mass is 10.0. The third-order valence-corrected chi connectivity index (χ3v) is 4.11. The van der Waals surface area contributed by atoms with Crippen LogP contribution in [0.15, 0.2) is 24.4 Å². The van der Waals surface area contributed by atoms with Crippen molar-refractivity contribution < 1.29 is 9.90 Å². The summed E-state index contributed by atoms with van der Waals surface area (Å²) in [6.45, 7) is 1.98. The lowest BCUT2D eigenvalue weighted by Gasteiger charge is -2.15. The molecule has 6 nitrogen and oxygen atoms in total. The van der Waals surface area contributed by atoms with Crippen LogP contribution in [0.3, 0.4) is 0 Å². The maximum atomic E-state index is 11.5. The second kappa shape index (κ2) is 5.81. The predicted molar refractivity (Wildman–Crippen MR) is 88.0 cm³/mol. The molecule has 2 aromatic heterocycles. The molecular formula is C15H12Cl2N4O2. The fourth-order valence-electron chi connectivity index (χ4n) is 2.52. The summed E-state index contributed by atoms with van der Waals surface area (Å²) in [5.41, 5.74) is 8.40. The van der Waals surface area contributed by atoms with E-state index in [-0.39, 0.29) is 18.0 Å². The Morgan fingerprint density at radius 1 is 1.39 bits per heavy atom. The molecule has 0 bridgehead atoms. The van der Waals surface area contributed by atoms with Gasteiger partial charge in [0, 0.05) is 28.4 Å². The lowest BCUT2D eigenvalue weighted by Crippen LogP contribution is -2.12. The van der Waals surface area contributed by atoms with Gasteiger partial charge in [0.2, 0.25) is 5.78 Å². The van der Waals surface area contributed by atoms with Crippen molar-refractivity contribution in [1.29, 1.82) is 0 Å². The van der Waals surface area contributed by atoms with Gasteiger partial charge in [-0.2, -0.15) is 0 Å². The van der Waals surface area contributed by atoms with Crippen LogP contribution in [-0.4, -0.2) is 25.4 Å². The van der Waals surface area contributed by atoms with Crippen LogP contribution in [0.5, 0.6) is 0 Å². The molecule has 0 fully saturated rings. The number of halogens is 2. The first-order valence-electron chi connectivity index (χ1n) is 6.69. The zero-order valence-electron chi connectivity index (χ0n) is 12.0. The fourth-order valence-corrected chi connectivity index (χ4v) is 3.02. The molecule has 0 saturated carbocycles. The number of fused-ring (bicyclic) bond motifs is 1. The van der Waals surface area contributed by atoms with Gasteiger partial charge in [-0.05, 0) is 25.1 Å². The van der Waals surface area contributed by atoms with Crippen molar-refractivity contribution in [2.75, 3.05) is 0 Å². The molecule has 3 rings (SSSR count). The standard InChI is InChI=1S/C15H12Cl2N4O2/c1-7-10(5-18)13(9-3-2-8(16)4-11(9)17)21-12(14(22)23)6-19-15(21)20-7/h2-4,6H,5,18H2,1H3,(H,22,23). The number of carbonyl (C=O) groups is 1. The number of hydrogen-bond acceptors (Lipinski definition) is 4. The number of hydrogen-bond donors (Lipinski definition) is 2. The topological polar surface area (TPSA) is 93.5 Å². The van der Waals surface area contributed by atoms with Gasteiger partial charge in [0.05, 0.1) is 16.9 Å². The first-order valence-corrected chi connectivity index (χ1v) is 7.45. The van der Waals surface area contributed by atoms with Crippen LogP contribution in [0, 0.1) is 6.92 Å². The third kappa shape index (κ3) is 2.55. The van der Waals surface area contributed by atoms with E-state index in [1.165, 1.54) is 10.6 Å². The fraction of sp³-hybridized carbons (Fsp3) is 0.133. The second-order valence-corrected chi connectivity index (χ2v) is 5.78. The van der Waals surface area contributed by atoms with Gasteiger partial charge in [-0.1, -0.05) is 23.2 Å². The van der Waals surface area contributed by atoms with Crippen molar-refractivity contribution in [3.63, 3.8) is 0 Å². The molecule has 0 atom stereocenters. The molecule has 0 amide bonds. The highest BCUT2D eigenvalue weighted by Crippen LogP contribution is 2.34. The Kier molecular flexibility index (Phi) is 3.97. The van der Waals surface area contributed by atoms with Crippen molar-refractivity contribution in [3.8, 4) is 11.3 Å². The van der Waals surface area contributed by atoms with Gasteiger partial charge in [-0.15, -0.1) is 0 Å². The Morgan fingerprint density at radius 3 is 2.74 bits per heavy atom. The van der Waals surface area contributed by atoms with Gasteiger partial charge in [0.15, 0.2) is 5.69 Å². The van der Waals surface area contributed by atoms with Gasteiger partial charge < -0.3 is 10.8 Å². The monoisotopic (exact) mass is 350 g/mol. The maximum absolute atomic E-state index is 11.5. The molecule has 0 spiro atoms.